The van der Waals surface area contributed by atoms with Crippen LogP contribution in [0, 0.1) is 0 Å². The lowest BCUT2D eigenvalue weighted by molar-refractivity contribution is -0.873. The van der Waals surface area contributed by atoms with Crippen molar-refractivity contribution in [1.82, 2.24) is 0 Å². The Labute approximate surface area is 124 Å². The van der Waals surface area contributed by atoms with Gasteiger partial charge in [0.1, 0.15) is 6.54 Å². The average Bonchev–Trinajstić information content (AvgIpc) is 2.09. The Kier molecular flexibility index (Phi) is 10.1. The molecule has 0 saturated heterocycles. The minimum Gasteiger partial charge on any atom is -0.550 e. The van der Waals surface area contributed by atoms with Gasteiger partial charge in [-0.25, -0.2) is 0 Å². The van der Waals surface area contributed by atoms with Crippen molar-refractivity contribution in [3.05, 3.63) is 0 Å². The van der Waals surface area contributed by atoms with E-state index < -0.39 is 22.5 Å². The van der Waals surface area contributed by atoms with Crippen molar-refractivity contribution in [1.29, 1.82) is 0 Å². The number of ether oxygens (including phenoxy) is 1. The van der Waals surface area contributed by atoms with Crippen molar-refractivity contribution >= 4 is 22.3 Å². The summed E-state index contributed by atoms with van der Waals surface area (Å²) in [7, 11) is 1.07. The zero-order chi connectivity index (χ0) is 17.3. The standard InChI is InChI=1S/C11H21NO4.H2O4S/c1-5-6-11(15)16-9(7-10(13)14)8-12(2,3)4;1-5(2,3)4/h9H,5-8H2,1-4H3;(H2,1,2,3,4). The molecule has 0 amide bonds. The molecule has 0 aliphatic rings. The molecule has 2 N–H and O–H groups in total. The van der Waals surface area contributed by atoms with Crippen LogP contribution < -0.4 is 5.11 Å². The fourth-order valence-corrected chi connectivity index (χ4v) is 1.39. The number of rotatable bonds is 7. The number of carboxylic acids is 1. The van der Waals surface area contributed by atoms with Crippen LogP contribution in [0.5, 0.6) is 0 Å². The predicted molar refractivity (Wildman–Crippen MR) is 71.5 cm³/mol. The fraction of sp³-hybridized carbons (Fsp3) is 0.818. The predicted octanol–water partition coefficient (Wildman–Crippen LogP) is -1.11. The number of carbonyl (C=O) groups excluding carboxylic acids is 2. The molecule has 0 aromatic rings. The van der Waals surface area contributed by atoms with Gasteiger partial charge in [-0.1, -0.05) is 6.92 Å². The Morgan fingerprint density at radius 2 is 1.67 bits per heavy atom. The Morgan fingerprint density at radius 1 is 1.24 bits per heavy atom. The molecular weight excluding hydrogens is 306 g/mol. The van der Waals surface area contributed by atoms with Crippen LogP contribution in [0.4, 0.5) is 0 Å². The first-order chi connectivity index (χ1) is 9.24. The first-order valence-corrected chi connectivity index (χ1v) is 7.54. The van der Waals surface area contributed by atoms with Gasteiger partial charge in [-0.3, -0.25) is 13.9 Å². The van der Waals surface area contributed by atoms with E-state index in [9.17, 15) is 14.7 Å². The molecule has 9 nitrogen and oxygen atoms in total. The topological polar surface area (TPSA) is 141 Å². The van der Waals surface area contributed by atoms with Gasteiger partial charge < -0.3 is 19.1 Å². The highest BCUT2D eigenvalue weighted by Gasteiger charge is 2.21. The van der Waals surface area contributed by atoms with Crippen LogP contribution in [0.1, 0.15) is 26.2 Å². The molecule has 0 heterocycles. The number of quaternary nitrogens is 1. The summed E-state index contributed by atoms with van der Waals surface area (Å²) in [5, 5.41) is 10.5. The van der Waals surface area contributed by atoms with Crippen LogP contribution in [-0.4, -0.2) is 67.7 Å². The normalized spacial score (nSPS) is 12.9. The lowest BCUT2D eigenvalue weighted by Crippen LogP contribution is -2.45. The number of carbonyl (C=O) groups is 2. The van der Waals surface area contributed by atoms with Crippen molar-refractivity contribution in [2.24, 2.45) is 0 Å². The highest BCUT2D eigenvalue weighted by atomic mass is 32.3. The first kappa shape index (κ1) is 22.1. The molecule has 10 heteroatoms. The largest absolute Gasteiger partial charge is 0.550 e. The molecular formula is C11H23NO8S. The first-order valence-electron chi connectivity index (χ1n) is 6.14. The summed E-state index contributed by atoms with van der Waals surface area (Å²) in [4.78, 5) is 21.8. The van der Waals surface area contributed by atoms with Crippen molar-refractivity contribution in [2.45, 2.75) is 32.3 Å². The lowest BCUT2D eigenvalue weighted by Gasteiger charge is -2.29. The Morgan fingerprint density at radius 3 is 1.95 bits per heavy atom. The second-order valence-corrected chi connectivity index (χ2v) is 6.25. The van der Waals surface area contributed by atoms with Crippen LogP contribution in [0.2, 0.25) is 0 Å². The van der Waals surface area contributed by atoms with E-state index in [-0.39, 0.29) is 12.4 Å². The van der Waals surface area contributed by atoms with E-state index in [2.05, 4.69) is 0 Å². The third-order valence-corrected chi connectivity index (χ3v) is 1.90. The molecule has 0 aliphatic heterocycles. The fourth-order valence-electron chi connectivity index (χ4n) is 1.39. The molecule has 0 bridgehead atoms. The van der Waals surface area contributed by atoms with E-state index in [0.717, 1.165) is 0 Å². The van der Waals surface area contributed by atoms with Crippen molar-refractivity contribution in [3.8, 4) is 0 Å². The van der Waals surface area contributed by atoms with E-state index in [0.29, 0.717) is 23.9 Å². The third-order valence-electron chi connectivity index (χ3n) is 1.90. The van der Waals surface area contributed by atoms with Crippen LogP contribution in [0.15, 0.2) is 0 Å². The van der Waals surface area contributed by atoms with E-state index in [1.165, 1.54) is 0 Å². The second kappa shape index (κ2) is 9.66. The number of esters is 1. The van der Waals surface area contributed by atoms with E-state index in [4.69, 9.17) is 22.3 Å². The van der Waals surface area contributed by atoms with Gasteiger partial charge in [-0.15, -0.1) is 0 Å². The smallest absolute Gasteiger partial charge is 0.394 e. The number of nitrogens with zero attached hydrogens (tertiary/aromatic N) is 1. The van der Waals surface area contributed by atoms with Gasteiger partial charge in [0.2, 0.25) is 0 Å². The summed E-state index contributed by atoms with van der Waals surface area (Å²) in [6, 6.07) is 0. The summed E-state index contributed by atoms with van der Waals surface area (Å²) in [5.41, 5.74) is 0. The molecule has 0 radical (unpaired) electrons. The van der Waals surface area contributed by atoms with Crippen LogP contribution in [0.3, 0.4) is 0 Å². The molecule has 1 unspecified atom stereocenters. The molecule has 0 aromatic heterocycles. The second-order valence-electron chi connectivity index (χ2n) is 5.36. The number of likely N-dealkylation sites (N-methyl/N-ethyl adjacent to an activating group) is 1. The minimum absolute atomic E-state index is 0.245. The average molecular weight is 329 g/mol. The number of hydrogen-bond donors (Lipinski definition) is 2. The van der Waals surface area contributed by atoms with Crippen molar-refractivity contribution in [2.75, 3.05) is 27.7 Å². The Bertz CT molecular complexity index is 418. The third kappa shape index (κ3) is 24.2. The summed E-state index contributed by atoms with van der Waals surface area (Å²) in [5.74, 6) is -1.54. The Hall–Kier alpha value is -1.23. The molecule has 0 rings (SSSR count). The maximum Gasteiger partial charge on any atom is 0.394 e. The van der Waals surface area contributed by atoms with Gasteiger partial charge >= 0.3 is 16.4 Å². The highest BCUT2D eigenvalue weighted by Crippen LogP contribution is 2.06. The van der Waals surface area contributed by atoms with Gasteiger partial charge in [0.05, 0.1) is 21.1 Å². The minimum atomic E-state index is -4.67. The number of aliphatic carboxylic acids is 1. The molecule has 126 valence electrons. The summed E-state index contributed by atoms with van der Waals surface area (Å²) in [6.07, 6.45) is 0.163. The number of carboxylic acid groups (broad SMARTS) is 1. The summed E-state index contributed by atoms with van der Waals surface area (Å²) >= 11 is 0. The van der Waals surface area contributed by atoms with Crippen molar-refractivity contribution < 1.29 is 41.4 Å². The van der Waals surface area contributed by atoms with Crippen LogP contribution in [-0.2, 0) is 24.7 Å². The van der Waals surface area contributed by atoms with E-state index in [1.54, 1.807) is 0 Å². The van der Waals surface area contributed by atoms with Crippen LogP contribution in [0.25, 0.3) is 0 Å². The van der Waals surface area contributed by atoms with Gasteiger partial charge in [0, 0.05) is 18.8 Å². The maximum atomic E-state index is 11.3. The van der Waals surface area contributed by atoms with Gasteiger partial charge in [-0.2, -0.15) is 8.42 Å². The molecule has 0 aliphatic carbocycles. The Balaban J connectivity index is 0. The highest BCUT2D eigenvalue weighted by molar-refractivity contribution is 7.79. The van der Waals surface area contributed by atoms with E-state index >= 15 is 0 Å². The van der Waals surface area contributed by atoms with E-state index in [1.807, 2.05) is 28.1 Å². The van der Waals surface area contributed by atoms with Gasteiger partial charge in [0.25, 0.3) is 0 Å². The molecule has 0 spiro atoms. The SMILES string of the molecule is CCCC(=O)OC(CC(=O)[O-])C[N+](C)(C)C.O=S(=O)(O)O. The lowest BCUT2D eigenvalue weighted by atomic mass is 10.2. The zero-order valence-corrected chi connectivity index (χ0v) is 13.4. The van der Waals surface area contributed by atoms with Crippen LogP contribution >= 0.6 is 0 Å². The molecule has 0 saturated carbocycles. The molecule has 21 heavy (non-hydrogen) atoms. The molecule has 0 aromatic carbocycles. The number of hydrogen-bond acceptors (Lipinski definition) is 6. The van der Waals surface area contributed by atoms with Gasteiger partial charge in [0.15, 0.2) is 6.10 Å². The quantitative estimate of drug-likeness (QED) is 0.340. The molecule has 0 fully saturated rings. The maximum absolute atomic E-state index is 11.3. The monoisotopic (exact) mass is 329 g/mol. The summed E-state index contributed by atoms with van der Waals surface area (Å²) < 4.78 is 37.2. The summed E-state index contributed by atoms with van der Waals surface area (Å²) in [6.45, 7) is 2.33. The zero-order valence-electron chi connectivity index (χ0n) is 12.6. The molecule has 1 atom stereocenters. The van der Waals surface area contributed by atoms with Gasteiger partial charge in [-0.05, 0) is 6.42 Å². The van der Waals surface area contributed by atoms with Crippen molar-refractivity contribution in [3.63, 3.8) is 0 Å².